The van der Waals surface area contributed by atoms with Crippen LogP contribution in [0.25, 0.3) is 0 Å². The van der Waals surface area contributed by atoms with Gasteiger partial charge in [-0.2, -0.15) is 0 Å². The van der Waals surface area contributed by atoms with E-state index in [9.17, 15) is 0 Å². The highest BCUT2D eigenvalue weighted by molar-refractivity contribution is 5.23. The number of nitrogens with zero attached hydrogens (tertiary/aromatic N) is 2. The van der Waals surface area contributed by atoms with E-state index in [0.29, 0.717) is 0 Å². The Kier molecular flexibility index (Phi) is 9.44. The van der Waals surface area contributed by atoms with Crippen LogP contribution in [0.4, 0.5) is 0 Å². The lowest BCUT2D eigenvalue weighted by Crippen LogP contribution is -3.00. The first-order valence-corrected chi connectivity index (χ1v) is 10.2. The molecule has 4 heteroatoms. The zero-order valence-electron chi connectivity index (χ0n) is 19.0. The zero-order chi connectivity index (χ0) is 20.4. The molecule has 0 aliphatic carbocycles. The van der Waals surface area contributed by atoms with Crippen molar-refractivity contribution in [3.8, 4) is 0 Å². The van der Waals surface area contributed by atoms with E-state index in [2.05, 4.69) is 124 Å². The second kappa shape index (κ2) is 10.7. The molecule has 0 N–H and O–H groups in total. The van der Waals surface area contributed by atoms with Crippen LogP contribution >= 0.6 is 0 Å². The molecule has 0 aliphatic rings. The van der Waals surface area contributed by atoms with Crippen LogP contribution in [0.1, 0.15) is 63.8 Å². The van der Waals surface area contributed by atoms with Gasteiger partial charge in [0.15, 0.2) is 37.9 Å². The molecular weight excluding hydrogens is 500 g/mol. The highest BCUT2D eigenvalue weighted by Gasteiger charge is 2.16. The molecule has 3 aromatic rings. The van der Waals surface area contributed by atoms with E-state index in [1.54, 1.807) is 0 Å². The molecule has 0 saturated heterocycles. The number of benzene rings is 1. The Morgan fingerprint density at radius 1 is 0.567 bits per heavy atom. The van der Waals surface area contributed by atoms with E-state index in [0.717, 1.165) is 13.1 Å². The molecule has 0 fully saturated rings. The number of aromatic nitrogens is 2. The van der Waals surface area contributed by atoms with Crippen molar-refractivity contribution < 1.29 is 43.1 Å². The van der Waals surface area contributed by atoms with Crippen molar-refractivity contribution in [2.75, 3.05) is 0 Å². The van der Waals surface area contributed by atoms with Gasteiger partial charge in [0.2, 0.25) is 0 Å². The SMILES string of the molecule is CC(C)(C)c1cc[n+](Cc2cccc(C[n+]3ccc(C(C)(C)C)cc3)c2)cc1.[Br-].[Br-]. The summed E-state index contributed by atoms with van der Waals surface area (Å²) in [5, 5.41) is 0. The maximum Gasteiger partial charge on any atom is 0.173 e. The lowest BCUT2D eigenvalue weighted by atomic mass is 9.88. The van der Waals surface area contributed by atoms with E-state index in [1.807, 2.05) is 0 Å². The zero-order valence-corrected chi connectivity index (χ0v) is 22.2. The van der Waals surface area contributed by atoms with E-state index in [1.165, 1.54) is 22.3 Å². The summed E-state index contributed by atoms with van der Waals surface area (Å²) >= 11 is 0. The summed E-state index contributed by atoms with van der Waals surface area (Å²) in [5.41, 5.74) is 5.79. The van der Waals surface area contributed by atoms with Gasteiger partial charge in [0.25, 0.3) is 0 Å². The summed E-state index contributed by atoms with van der Waals surface area (Å²) in [6.07, 6.45) is 8.75. The first-order chi connectivity index (χ1) is 13.1. The van der Waals surface area contributed by atoms with E-state index in [4.69, 9.17) is 0 Å². The topological polar surface area (TPSA) is 7.76 Å². The van der Waals surface area contributed by atoms with Crippen molar-refractivity contribution in [1.82, 2.24) is 0 Å². The standard InChI is InChI=1S/C26H34N2.2BrH/c1-25(2,3)23-10-14-27(15-11-23)19-21-8-7-9-22(18-21)20-28-16-12-24(13-17-28)26(4,5)6;;/h7-18H,19-20H2,1-6H3;2*1H/q+2;;/p-2. The molecule has 0 atom stereocenters. The molecule has 0 saturated carbocycles. The van der Waals surface area contributed by atoms with Gasteiger partial charge in [0, 0.05) is 35.4 Å². The minimum Gasteiger partial charge on any atom is -1.00 e. The van der Waals surface area contributed by atoms with E-state index in [-0.39, 0.29) is 44.8 Å². The Morgan fingerprint density at radius 3 is 1.20 bits per heavy atom. The van der Waals surface area contributed by atoms with Crippen LogP contribution in [0.5, 0.6) is 0 Å². The predicted octanol–water partition coefficient (Wildman–Crippen LogP) is -1.04. The van der Waals surface area contributed by atoms with Crippen LogP contribution in [0.2, 0.25) is 0 Å². The highest BCUT2D eigenvalue weighted by atomic mass is 79.9. The van der Waals surface area contributed by atoms with Gasteiger partial charge < -0.3 is 34.0 Å². The third-order valence-corrected chi connectivity index (χ3v) is 5.24. The molecule has 2 heterocycles. The van der Waals surface area contributed by atoms with Crippen molar-refractivity contribution in [2.45, 2.75) is 65.5 Å². The first-order valence-electron chi connectivity index (χ1n) is 10.2. The summed E-state index contributed by atoms with van der Waals surface area (Å²) in [5.74, 6) is 0. The van der Waals surface area contributed by atoms with Crippen LogP contribution < -0.4 is 43.1 Å². The third-order valence-electron chi connectivity index (χ3n) is 5.24. The van der Waals surface area contributed by atoms with Crippen molar-refractivity contribution in [1.29, 1.82) is 0 Å². The van der Waals surface area contributed by atoms with Gasteiger partial charge in [-0.25, -0.2) is 9.13 Å². The summed E-state index contributed by atoms with van der Waals surface area (Å²) in [4.78, 5) is 0. The van der Waals surface area contributed by atoms with Gasteiger partial charge >= 0.3 is 0 Å². The van der Waals surface area contributed by atoms with Crippen molar-refractivity contribution in [3.05, 3.63) is 95.6 Å². The second-order valence-corrected chi connectivity index (χ2v) is 9.84. The highest BCUT2D eigenvalue weighted by Crippen LogP contribution is 2.21. The third kappa shape index (κ3) is 7.31. The first kappa shape index (κ1) is 26.5. The van der Waals surface area contributed by atoms with Crippen molar-refractivity contribution in [2.24, 2.45) is 0 Å². The van der Waals surface area contributed by atoms with Crippen LogP contribution in [0, 0.1) is 0 Å². The Morgan fingerprint density at radius 2 is 0.900 bits per heavy atom. The van der Waals surface area contributed by atoms with Gasteiger partial charge in [-0.1, -0.05) is 59.7 Å². The molecule has 2 aromatic heterocycles. The lowest BCUT2D eigenvalue weighted by molar-refractivity contribution is -0.689. The monoisotopic (exact) mass is 532 g/mol. The molecule has 162 valence electrons. The summed E-state index contributed by atoms with van der Waals surface area (Å²) in [6.45, 7) is 15.3. The van der Waals surface area contributed by atoms with Gasteiger partial charge in [0.05, 0.1) is 0 Å². The second-order valence-electron chi connectivity index (χ2n) is 9.84. The number of pyridine rings is 2. The maximum absolute atomic E-state index is 2.31. The molecule has 0 unspecified atom stereocenters. The molecule has 0 amide bonds. The molecule has 0 bridgehead atoms. The summed E-state index contributed by atoms with van der Waals surface area (Å²) in [7, 11) is 0. The van der Waals surface area contributed by atoms with E-state index >= 15 is 0 Å². The number of hydrogen-bond acceptors (Lipinski definition) is 0. The van der Waals surface area contributed by atoms with Crippen LogP contribution in [-0.2, 0) is 23.9 Å². The summed E-state index contributed by atoms with van der Waals surface area (Å²) in [6, 6.07) is 17.8. The molecule has 30 heavy (non-hydrogen) atoms. The van der Waals surface area contributed by atoms with Crippen molar-refractivity contribution >= 4 is 0 Å². The van der Waals surface area contributed by atoms with Crippen LogP contribution in [0.15, 0.2) is 73.3 Å². The Labute approximate surface area is 203 Å². The number of hydrogen-bond donors (Lipinski definition) is 0. The lowest BCUT2D eigenvalue weighted by Gasteiger charge is -2.17. The molecule has 0 spiro atoms. The smallest absolute Gasteiger partial charge is 0.173 e. The minimum absolute atomic E-state index is 0. The van der Waals surface area contributed by atoms with Gasteiger partial charge in [-0.3, -0.25) is 0 Å². The number of rotatable bonds is 4. The quantitative estimate of drug-likeness (QED) is 0.379. The Balaban J connectivity index is 0.00000225. The molecule has 2 nitrogen and oxygen atoms in total. The molecule has 1 aromatic carbocycles. The molecule has 3 rings (SSSR count). The average Bonchev–Trinajstić information content (AvgIpc) is 2.61. The fourth-order valence-corrected chi connectivity index (χ4v) is 3.37. The van der Waals surface area contributed by atoms with E-state index < -0.39 is 0 Å². The molecule has 0 aliphatic heterocycles. The fraction of sp³-hybridized carbons (Fsp3) is 0.385. The fourth-order valence-electron chi connectivity index (χ4n) is 3.37. The Bertz CT molecular complexity index is 844. The Hall–Kier alpha value is -1.52. The van der Waals surface area contributed by atoms with Gasteiger partial charge in [0.1, 0.15) is 0 Å². The van der Waals surface area contributed by atoms with Crippen LogP contribution in [0.3, 0.4) is 0 Å². The molecule has 0 radical (unpaired) electrons. The van der Waals surface area contributed by atoms with Crippen molar-refractivity contribution in [3.63, 3.8) is 0 Å². The van der Waals surface area contributed by atoms with Crippen LogP contribution in [-0.4, -0.2) is 0 Å². The number of halogens is 2. The van der Waals surface area contributed by atoms with Gasteiger partial charge in [-0.15, -0.1) is 0 Å². The van der Waals surface area contributed by atoms with Gasteiger partial charge in [-0.05, 0) is 28.0 Å². The predicted molar refractivity (Wildman–Crippen MR) is 115 cm³/mol. The normalized spacial score (nSPS) is 11.4. The average molecular weight is 534 g/mol. The molecular formula is C26H34Br2N2. The minimum atomic E-state index is 0. The largest absolute Gasteiger partial charge is 1.00 e. The summed E-state index contributed by atoms with van der Waals surface area (Å²) < 4.78 is 4.50. The maximum atomic E-state index is 2.31.